The number of amides is 1. The minimum absolute atomic E-state index is 0.0270. The zero-order valence-corrected chi connectivity index (χ0v) is 21.0. The number of nitrogens with zero attached hydrogens (tertiary/aromatic N) is 4. The summed E-state index contributed by atoms with van der Waals surface area (Å²) >= 11 is 1.08. The van der Waals surface area contributed by atoms with Gasteiger partial charge in [-0.1, -0.05) is 13.8 Å². The molecule has 3 aromatic heterocycles. The highest BCUT2D eigenvalue weighted by Crippen LogP contribution is 2.41. The fourth-order valence-corrected chi connectivity index (χ4v) is 5.21. The van der Waals surface area contributed by atoms with Gasteiger partial charge >= 0.3 is 11.7 Å². The Balaban J connectivity index is 2.55. The van der Waals surface area contributed by atoms with Crippen LogP contribution in [0.2, 0.25) is 0 Å². The van der Waals surface area contributed by atoms with Crippen molar-refractivity contribution >= 4 is 33.4 Å². The number of hydrogen-bond donors (Lipinski definition) is 1. The van der Waals surface area contributed by atoms with Gasteiger partial charge in [0.1, 0.15) is 10.5 Å². The van der Waals surface area contributed by atoms with Crippen molar-refractivity contribution in [3.63, 3.8) is 0 Å². The Labute approximate surface area is 199 Å². The molecule has 3 rings (SSSR count). The molecule has 3 aromatic rings. The van der Waals surface area contributed by atoms with Gasteiger partial charge in [-0.3, -0.25) is 23.6 Å². The third-order valence-electron chi connectivity index (χ3n) is 5.56. The molecule has 0 fully saturated rings. The second-order valence-corrected chi connectivity index (χ2v) is 9.25. The van der Waals surface area contributed by atoms with Crippen LogP contribution in [0.3, 0.4) is 0 Å². The predicted molar refractivity (Wildman–Crippen MR) is 127 cm³/mol. The highest BCUT2D eigenvalue weighted by molar-refractivity contribution is 7.22. The third-order valence-corrected chi connectivity index (χ3v) is 6.81. The van der Waals surface area contributed by atoms with Crippen LogP contribution in [0.15, 0.2) is 15.8 Å². The molecule has 184 valence electrons. The average Bonchev–Trinajstić information content (AvgIpc) is 3.36. The Morgan fingerprint density at radius 3 is 2.38 bits per heavy atom. The van der Waals surface area contributed by atoms with E-state index in [1.807, 2.05) is 13.8 Å². The molecule has 0 saturated carbocycles. The normalized spacial score (nSPS) is 11.4. The predicted octanol–water partition coefficient (Wildman–Crippen LogP) is 1.34. The van der Waals surface area contributed by atoms with Crippen molar-refractivity contribution in [3.8, 4) is 10.4 Å². The van der Waals surface area contributed by atoms with E-state index in [-0.39, 0.29) is 28.1 Å². The number of thiophene rings is 1. The highest BCUT2D eigenvalue weighted by Gasteiger charge is 2.31. The Bertz CT molecular complexity index is 1390. The highest BCUT2D eigenvalue weighted by atomic mass is 32.1. The maximum absolute atomic E-state index is 13.4. The summed E-state index contributed by atoms with van der Waals surface area (Å²) in [4.78, 5) is 57.8. The summed E-state index contributed by atoms with van der Waals surface area (Å²) in [6, 6.07) is 0. The molecule has 0 atom stereocenters. The van der Waals surface area contributed by atoms with Crippen molar-refractivity contribution in [2.75, 3.05) is 21.3 Å². The van der Waals surface area contributed by atoms with Gasteiger partial charge in [-0.2, -0.15) is 0 Å². The molecule has 3 heterocycles. The Hall–Kier alpha value is -3.22. The topological polar surface area (TPSA) is 125 Å². The molecule has 0 radical (unpaired) electrons. The molecule has 12 heteroatoms. The van der Waals surface area contributed by atoms with E-state index in [4.69, 9.17) is 9.57 Å². The fourth-order valence-electron chi connectivity index (χ4n) is 3.89. The van der Waals surface area contributed by atoms with Gasteiger partial charge in [-0.05, 0) is 5.92 Å². The minimum atomic E-state index is -0.659. The van der Waals surface area contributed by atoms with E-state index in [1.165, 1.54) is 37.4 Å². The molecular formula is C22H28N4O7S. The first kappa shape index (κ1) is 25.4. The maximum atomic E-state index is 13.4. The summed E-state index contributed by atoms with van der Waals surface area (Å²) < 4.78 is 8.79. The van der Waals surface area contributed by atoms with Gasteiger partial charge in [0, 0.05) is 45.0 Å². The van der Waals surface area contributed by atoms with Crippen LogP contribution in [-0.4, -0.2) is 57.0 Å². The number of esters is 1. The molecule has 11 nitrogen and oxygen atoms in total. The van der Waals surface area contributed by atoms with Gasteiger partial charge < -0.3 is 14.4 Å². The maximum Gasteiger partial charge on any atom is 0.355 e. The number of carbonyl (C=O) groups is 2. The van der Waals surface area contributed by atoms with Gasteiger partial charge in [-0.15, -0.1) is 11.3 Å². The summed E-state index contributed by atoms with van der Waals surface area (Å²) in [7, 11) is 6.92. The van der Waals surface area contributed by atoms with Crippen LogP contribution < -0.4 is 11.2 Å². The number of ether oxygens (including phenoxy) is 1. The van der Waals surface area contributed by atoms with Crippen molar-refractivity contribution in [1.82, 2.24) is 18.8 Å². The smallest absolute Gasteiger partial charge is 0.355 e. The van der Waals surface area contributed by atoms with E-state index in [1.54, 1.807) is 13.2 Å². The Morgan fingerprint density at radius 1 is 1.21 bits per heavy atom. The van der Waals surface area contributed by atoms with E-state index in [2.05, 4.69) is 0 Å². The first-order chi connectivity index (χ1) is 16.0. The summed E-state index contributed by atoms with van der Waals surface area (Å²) in [5.74, 6) is -1.18. The van der Waals surface area contributed by atoms with Gasteiger partial charge in [-0.25, -0.2) is 14.7 Å². The average molecular weight is 493 g/mol. The first-order valence-electron chi connectivity index (χ1n) is 10.5. The molecule has 0 unspecified atom stereocenters. The van der Waals surface area contributed by atoms with Crippen molar-refractivity contribution in [1.29, 1.82) is 0 Å². The zero-order chi connectivity index (χ0) is 25.5. The Kier molecular flexibility index (Phi) is 7.15. The fraction of sp³-hybridized carbons (Fsp3) is 0.455. The van der Waals surface area contributed by atoms with Gasteiger partial charge in [0.15, 0.2) is 0 Å². The molecule has 0 spiro atoms. The number of aromatic nitrogens is 3. The van der Waals surface area contributed by atoms with Crippen molar-refractivity contribution in [3.05, 3.63) is 43.9 Å². The molecule has 0 aliphatic rings. The van der Waals surface area contributed by atoms with E-state index < -0.39 is 29.7 Å². The number of aliphatic hydroxyl groups excluding tert-OH is 1. The minimum Gasteiger partial charge on any atom is -0.464 e. The molecule has 0 aliphatic carbocycles. The van der Waals surface area contributed by atoms with E-state index in [9.17, 15) is 24.3 Å². The number of aliphatic hydroxyl groups is 1. The van der Waals surface area contributed by atoms with Crippen molar-refractivity contribution < 1.29 is 24.3 Å². The number of hydrogen-bond acceptors (Lipinski definition) is 8. The lowest BCUT2D eigenvalue weighted by Gasteiger charge is -2.15. The number of hydroxylamine groups is 2. The van der Waals surface area contributed by atoms with E-state index in [0.717, 1.165) is 21.0 Å². The van der Waals surface area contributed by atoms with Gasteiger partial charge in [0.25, 0.3) is 11.5 Å². The summed E-state index contributed by atoms with van der Waals surface area (Å²) in [6.45, 7) is 3.68. The number of methoxy groups -OCH3 is 1. The molecule has 0 bridgehead atoms. The molecule has 0 aliphatic heterocycles. The zero-order valence-electron chi connectivity index (χ0n) is 20.2. The number of aryl methyl sites for hydroxylation is 1. The van der Waals surface area contributed by atoms with Crippen LogP contribution in [0, 0.1) is 5.92 Å². The van der Waals surface area contributed by atoms with Crippen LogP contribution in [-0.2, 0) is 36.8 Å². The standard InChI is InChI=1S/C22H28N4O7S/c1-11(2)8-26-20-15(18(28)24(4)22(26)31)14(19(29)25(5)33-7)17(34-20)12-9-23(3)16(13(12)10-27)21(30)32-6/h9,11,27H,8,10H2,1-7H3. The number of carbonyl (C=O) groups excluding carboxylic acids is 2. The quantitative estimate of drug-likeness (QED) is 0.390. The lowest BCUT2D eigenvalue weighted by atomic mass is 10.0. The Morgan fingerprint density at radius 2 is 1.85 bits per heavy atom. The van der Waals surface area contributed by atoms with E-state index in [0.29, 0.717) is 21.8 Å². The second kappa shape index (κ2) is 9.57. The number of fused-ring (bicyclic) bond motifs is 1. The van der Waals surface area contributed by atoms with Gasteiger partial charge in [0.2, 0.25) is 0 Å². The lowest BCUT2D eigenvalue weighted by Crippen LogP contribution is -2.39. The van der Waals surface area contributed by atoms with Crippen molar-refractivity contribution in [2.24, 2.45) is 20.0 Å². The molecular weight excluding hydrogens is 464 g/mol. The summed E-state index contributed by atoms with van der Waals surface area (Å²) in [5.41, 5.74) is -0.355. The van der Waals surface area contributed by atoms with Crippen LogP contribution in [0.5, 0.6) is 0 Å². The largest absolute Gasteiger partial charge is 0.464 e. The molecule has 1 N–H and O–H groups in total. The SMILES string of the molecule is COC(=O)c1c(CO)c(-c2sc3c(c2C(=O)N(C)OC)c(=O)n(C)c(=O)n3CC(C)C)cn1C. The summed E-state index contributed by atoms with van der Waals surface area (Å²) in [5, 5.41) is 11.2. The number of rotatable bonds is 7. The monoisotopic (exact) mass is 492 g/mol. The molecule has 0 aromatic carbocycles. The molecule has 34 heavy (non-hydrogen) atoms. The second-order valence-electron chi connectivity index (χ2n) is 8.25. The first-order valence-corrected chi connectivity index (χ1v) is 11.3. The van der Waals surface area contributed by atoms with Crippen LogP contribution in [0.1, 0.15) is 40.3 Å². The lowest BCUT2D eigenvalue weighted by molar-refractivity contribution is -0.0755. The van der Waals surface area contributed by atoms with Crippen LogP contribution in [0.25, 0.3) is 20.7 Å². The van der Waals surface area contributed by atoms with Crippen molar-refractivity contribution in [2.45, 2.75) is 27.0 Å². The van der Waals surface area contributed by atoms with Crippen LogP contribution in [0.4, 0.5) is 0 Å². The van der Waals surface area contributed by atoms with Crippen LogP contribution >= 0.6 is 11.3 Å². The molecule has 0 saturated heterocycles. The van der Waals surface area contributed by atoms with E-state index >= 15 is 0 Å². The van der Waals surface area contributed by atoms with Gasteiger partial charge in [0.05, 0.1) is 36.7 Å². The summed E-state index contributed by atoms with van der Waals surface area (Å²) in [6.07, 6.45) is 1.58. The third kappa shape index (κ3) is 3.97. The molecule has 1 amide bonds.